The van der Waals surface area contributed by atoms with E-state index in [-0.39, 0.29) is 6.04 Å². The Hall–Kier alpha value is -2.20. The van der Waals surface area contributed by atoms with Gasteiger partial charge in [-0.25, -0.2) is 0 Å². The van der Waals surface area contributed by atoms with Crippen LogP contribution < -0.4 is 19.9 Å². The number of ether oxygens (including phenoxy) is 3. The molecule has 0 amide bonds. The van der Waals surface area contributed by atoms with Crippen LogP contribution in [0.3, 0.4) is 0 Å². The standard InChI is InChI=1S/C17H21NO3/c1-4-16(18)15-7-5-6-8-17(15)21-14-10-12(19-2)9-13(11-14)20-3/h5-11,16H,4,18H2,1-3H3/t16-/m0/s1. The van der Waals surface area contributed by atoms with Crippen molar-refractivity contribution >= 4 is 0 Å². The van der Waals surface area contributed by atoms with E-state index in [1.807, 2.05) is 36.4 Å². The maximum Gasteiger partial charge on any atom is 0.134 e. The molecule has 21 heavy (non-hydrogen) atoms. The highest BCUT2D eigenvalue weighted by Gasteiger charge is 2.11. The van der Waals surface area contributed by atoms with Crippen LogP contribution in [0.15, 0.2) is 42.5 Å². The quantitative estimate of drug-likeness (QED) is 0.875. The zero-order chi connectivity index (χ0) is 15.2. The van der Waals surface area contributed by atoms with E-state index in [0.29, 0.717) is 17.2 Å². The first-order valence-electron chi connectivity index (χ1n) is 6.93. The predicted molar refractivity (Wildman–Crippen MR) is 83.3 cm³/mol. The van der Waals surface area contributed by atoms with Gasteiger partial charge in [-0.1, -0.05) is 25.1 Å². The maximum absolute atomic E-state index is 6.13. The summed E-state index contributed by atoms with van der Waals surface area (Å²) in [7, 11) is 3.22. The van der Waals surface area contributed by atoms with Crippen molar-refractivity contribution in [3.63, 3.8) is 0 Å². The normalized spacial score (nSPS) is 11.8. The van der Waals surface area contributed by atoms with E-state index in [4.69, 9.17) is 19.9 Å². The van der Waals surface area contributed by atoms with Gasteiger partial charge in [-0.3, -0.25) is 0 Å². The Kier molecular flexibility index (Phi) is 5.06. The second kappa shape index (κ2) is 6.99. The summed E-state index contributed by atoms with van der Waals surface area (Å²) in [5, 5.41) is 0. The molecule has 1 atom stereocenters. The van der Waals surface area contributed by atoms with Crippen molar-refractivity contribution < 1.29 is 14.2 Å². The summed E-state index contributed by atoms with van der Waals surface area (Å²) in [6.45, 7) is 2.05. The molecular formula is C17H21NO3. The second-order valence-corrected chi connectivity index (χ2v) is 4.70. The molecule has 2 rings (SSSR count). The molecule has 4 heteroatoms. The molecule has 112 valence electrons. The Labute approximate surface area is 125 Å². The van der Waals surface area contributed by atoms with Gasteiger partial charge in [0.2, 0.25) is 0 Å². The van der Waals surface area contributed by atoms with E-state index in [0.717, 1.165) is 17.7 Å². The van der Waals surface area contributed by atoms with Crippen molar-refractivity contribution in [2.75, 3.05) is 14.2 Å². The molecule has 0 fully saturated rings. The molecule has 2 N–H and O–H groups in total. The van der Waals surface area contributed by atoms with Crippen LogP contribution in [0.2, 0.25) is 0 Å². The van der Waals surface area contributed by atoms with Gasteiger partial charge in [0, 0.05) is 29.8 Å². The third-order valence-electron chi connectivity index (χ3n) is 3.31. The van der Waals surface area contributed by atoms with Gasteiger partial charge in [0.05, 0.1) is 14.2 Å². The van der Waals surface area contributed by atoms with Gasteiger partial charge in [-0.2, -0.15) is 0 Å². The predicted octanol–water partition coefficient (Wildman–Crippen LogP) is 3.91. The van der Waals surface area contributed by atoms with Gasteiger partial charge < -0.3 is 19.9 Å². The lowest BCUT2D eigenvalue weighted by Gasteiger charge is -2.16. The van der Waals surface area contributed by atoms with Gasteiger partial charge in [-0.05, 0) is 12.5 Å². The first kappa shape index (κ1) is 15.2. The SMILES string of the molecule is CC[C@H](N)c1ccccc1Oc1cc(OC)cc(OC)c1. The average molecular weight is 287 g/mol. The zero-order valence-electron chi connectivity index (χ0n) is 12.6. The molecule has 0 radical (unpaired) electrons. The summed E-state index contributed by atoms with van der Waals surface area (Å²) in [5.41, 5.74) is 7.12. The number of methoxy groups -OCH3 is 2. The Bertz CT molecular complexity index is 576. The summed E-state index contributed by atoms with van der Waals surface area (Å²) in [6.07, 6.45) is 0.849. The monoisotopic (exact) mass is 287 g/mol. The van der Waals surface area contributed by atoms with Gasteiger partial charge >= 0.3 is 0 Å². The number of hydrogen-bond acceptors (Lipinski definition) is 4. The van der Waals surface area contributed by atoms with Crippen LogP contribution in [-0.2, 0) is 0 Å². The molecule has 0 aromatic heterocycles. The molecule has 2 aromatic rings. The molecule has 0 spiro atoms. The second-order valence-electron chi connectivity index (χ2n) is 4.70. The summed E-state index contributed by atoms with van der Waals surface area (Å²) >= 11 is 0. The highest BCUT2D eigenvalue weighted by molar-refractivity contribution is 5.45. The molecule has 0 aliphatic rings. The van der Waals surface area contributed by atoms with Crippen LogP contribution in [0, 0.1) is 0 Å². The van der Waals surface area contributed by atoms with Crippen LogP contribution in [0.25, 0.3) is 0 Å². The smallest absolute Gasteiger partial charge is 0.134 e. The number of rotatable bonds is 6. The first-order valence-corrected chi connectivity index (χ1v) is 6.93. The van der Waals surface area contributed by atoms with Gasteiger partial charge in [0.15, 0.2) is 0 Å². The lowest BCUT2D eigenvalue weighted by Crippen LogP contribution is -2.09. The lowest BCUT2D eigenvalue weighted by atomic mass is 10.0. The summed E-state index contributed by atoms with van der Waals surface area (Å²) in [4.78, 5) is 0. The van der Waals surface area contributed by atoms with Crippen molar-refractivity contribution in [2.24, 2.45) is 5.73 Å². The Morgan fingerprint density at radius 2 is 1.52 bits per heavy atom. The Morgan fingerprint density at radius 1 is 0.952 bits per heavy atom. The topological polar surface area (TPSA) is 53.7 Å². The van der Waals surface area contributed by atoms with Crippen LogP contribution in [0.1, 0.15) is 24.9 Å². The maximum atomic E-state index is 6.13. The van der Waals surface area contributed by atoms with E-state index in [1.54, 1.807) is 20.3 Å². The van der Waals surface area contributed by atoms with Crippen LogP contribution in [0.4, 0.5) is 0 Å². The zero-order valence-corrected chi connectivity index (χ0v) is 12.6. The third-order valence-corrected chi connectivity index (χ3v) is 3.31. The number of nitrogens with two attached hydrogens (primary N) is 1. The molecule has 4 nitrogen and oxygen atoms in total. The average Bonchev–Trinajstić information content (AvgIpc) is 2.54. The van der Waals surface area contributed by atoms with Crippen molar-refractivity contribution in [2.45, 2.75) is 19.4 Å². The molecule has 0 heterocycles. The molecule has 0 saturated carbocycles. The molecule has 0 saturated heterocycles. The molecule has 0 aliphatic heterocycles. The molecule has 2 aromatic carbocycles. The van der Waals surface area contributed by atoms with Crippen LogP contribution >= 0.6 is 0 Å². The van der Waals surface area contributed by atoms with Gasteiger partial charge in [0.25, 0.3) is 0 Å². The first-order chi connectivity index (χ1) is 10.2. The fraction of sp³-hybridized carbons (Fsp3) is 0.294. The van der Waals surface area contributed by atoms with Crippen molar-refractivity contribution in [1.82, 2.24) is 0 Å². The third kappa shape index (κ3) is 3.67. The van der Waals surface area contributed by atoms with E-state index < -0.39 is 0 Å². The van der Waals surface area contributed by atoms with E-state index in [2.05, 4.69) is 6.92 Å². The van der Waals surface area contributed by atoms with Crippen molar-refractivity contribution in [3.05, 3.63) is 48.0 Å². The Morgan fingerprint density at radius 3 is 2.10 bits per heavy atom. The fourth-order valence-corrected chi connectivity index (χ4v) is 2.07. The van der Waals surface area contributed by atoms with Gasteiger partial charge in [0.1, 0.15) is 23.0 Å². The summed E-state index contributed by atoms with van der Waals surface area (Å²) < 4.78 is 16.5. The van der Waals surface area contributed by atoms with Crippen LogP contribution in [-0.4, -0.2) is 14.2 Å². The number of para-hydroxylation sites is 1. The molecule has 0 unspecified atom stereocenters. The highest BCUT2D eigenvalue weighted by atomic mass is 16.5. The number of benzene rings is 2. The van der Waals surface area contributed by atoms with E-state index >= 15 is 0 Å². The number of hydrogen-bond donors (Lipinski definition) is 1. The molecular weight excluding hydrogens is 266 g/mol. The van der Waals surface area contributed by atoms with Crippen molar-refractivity contribution in [1.29, 1.82) is 0 Å². The Balaban J connectivity index is 2.34. The highest BCUT2D eigenvalue weighted by Crippen LogP contribution is 2.34. The fourth-order valence-electron chi connectivity index (χ4n) is 2.07. The largest absolute Gasteiger partial charge is 0.496 e. The molecule has 0 aliphatic carbocycles. The van der Waals surface area contributed by atoms with E-state index in [1.165, 1.54) is 0 Å². The van der Waals surface area contributed by atoms with E-state index in [9.17, 15) is 0 Å². The van der Waals surface area contributed by atoms with Crippen molar-refractivity contribution in [3.8, 4) is 23.0 Å². The summed E-state index contributed by atoms with van der Waals surface area (Å²) in [6, 6.07) is 13.2. The minimum atomic E-state index is -0.0475. The molecule has 0 bridgehead atoms. The van der Waals surface area contributed by atoms with Gasteiger partial charge in [-0.15, -0.1) is 0 Å². The summed E-state index contributed by atoms with van der Waals surface area (Å²) in [5.74, 6) is 2.77. The minimum Gasteiger partial charge on any atom is -0.496 e. The lowest BCUT2D eigenvalue weighted by molar-refractivity contribution is 0.386. The minimum absolute atomic E-state index is 0.0475. The van der Waals surface area contributed by atoms with Crippen LogP contribution in [0.5, 0.6) is 23.0 Å².